The van der Waals surface area contributed by atoms with Crippen molar-refractivity contribution in [2.45, 2.75) is 56.9 Å². The van der Waals surface area contributed by atoms with Crippen LogP contribution in [0, 0.1) is 11.6 Å². The Morgan fingerprint density at radius 3 is 2.47 bits per heavy atom. The topological polar surface area (TPSA) is 137 Å². The molecule has 3 aliphatic rings. The first-order valence-electron chi connectivity index (χ1n) is 19.4. The summed E-state index contributed by atoms with van der Waals surface area (Å²) in [6, 6.07) is 14.1. The number of fused-ring (bicyclic) bond motifs is 1. The number of halogens is 2. The van der Waals surface area contributed by atoms with Crippen LogP contribution in [0.5, 0.6) is 0 Å². The van der Waals surface area contributed by atoms with E-state index in [0.717, 1.165) is 18.4 Å². The summed E-state index contributed by atoms with van der Waals surface area (Å²) in [5.41, 5.74) is 4.88. The first-order chi connectivity index (χ1) is 27.5. The van der Waals surface area contributed by atoms with Gasteiger partial charge in [0.1, 0.15) is 11.5 Å². The average molecular weight is 775 g/mol. The van der Waals surface area contributed by atoms with Gasteiger partial charge in [-0.1, -0.05) is 18.2 Å². The number of amides is 4. The fourth-order valence-electron chi connectivity index (χ4n) is 8.28. The molecule has 8 rings (SSSR count). The number of imide groups is 1. The maximum absolute atomic E-state index is 16.5. The van der Waals surface area contributed by atoms with Crippen LogP contribution in [0.2, 0.25) is 0 Å². The molecule has 4 amide bonds. The average Bonchev–Trinajstić information content (AvgIpc) is 3.92. The second kappa shape index (κ2) is 15.8. The van der Waals surface area contributed by atoms with Crippen LogP contribution in [0.3, 0.4) is 0 Å². The lowest BCUT2D eigenvalue weighted by Gasteiger charge is -2.34. The minimum absolute atomic E-state index is 0.0348. The number of H-pyrrole nitrogens is 1. The summed E-state index contributed by atoms with van der Waals surface area (Å²) in [4.78, 5) is 63.3. The Kier molecular flexibility index (Phi) is 10.4. The van der Waals surface area contributed by atoms with Gasteiger partial charge in [-0.15, -0.1) is 0 Å². The van der Waals surface area contributed by atoms with Crippen LogP contribution < -0.4 is 10.2 Å². The molecular weight excluding hydrogens is 731 g/mol. The van der Waals surface area contributed by atoms with Crippen molar-refractivity contribution in [3.05, 3.63) is 107 Å². The highest BCUT2D eigenvalue weighted by Crippen LogP contribution is 2.38. The highest BCUT2D eigenvalue weighted by molar-refractivity contribution is 6.04. The highest BCUT2D eigenvalue weighted by atomic mass is 19.1. The summed E-state index contributed by atoms with van der Waals surface area (Å²) in [6.45, 7) is 2.51. The number of piperidine rings is 2. The van der Waals surface area contributed by atoms with Crippen LogP contribution >= 0.6 is 0 Å². The third-order valence-corrected chi connectivity index (χ3v) is 11.4. The molecule has 0 spiro atoms. The van der Waals surface area contributed by atoms with E-state index in [1.165, 1.54) is 11.0 Å². The molecule has 294 valence electrons. The molecule has 1 atom stereocenters. The highest BCUT2D eigenvalue weighted by Gasteiger charge is 2.30. The first-order valence-corrected chi connectivity index (χ1v) is 19.4. The quantitative estimate of drug-likeness (QED) is 0.175. The monoisotopic (exact) mass is 774 g/mol. The zero-order chi connectivity index (χ0) is 39.8. The van der Waals surface area contributed by atoms with Gasteiger partial charge >= 0.3 is 0 Å². The number of rotatable bonds is 9. The lowest BCUT2D eigenvalue weighted by atomic mass is 9.88. The van der Waals surface area contributed by atoms with Crippen molar-refractivity contribution >= 4 is 45.8 Å². The van der Waals surface area contributed by atoms with E-state index < -0.39 is 11.7 Å². The zero-order valence-electron chi connectivity index (χ0n) is 31.9. The van der Waals surface area contributed by atoms with E-state index in [-0.39, 0.29) is 66.0 Å². The molecule has 2 aromatic carbocycles. The molecule has 0 bridgehead atoms. The predicted molar refractivity (Wildman–Crippen MR) is 211 cm³/mol. The Morgan fingerprint density at radius 1 is 0.965 bits per heavy atom. The first kappa shape index (κ1) is 37.7. The minimum Gasteiger partial charge on any atom is -0.369 e. The zero-order valence-corrected chi connectivity index (χ0v) is 31.9. The number of nitrogens with zero attached hydrogens (tertiary/aromatic N) is 6. The van der Waals surface area contributed by atoms with Gasteiger partial charge < -0.3 is 19.7 Å². The maximum Gasteiger partial charge on any atom is 0.269 e. The van der Waals surface area contributed by atoms with Gasteiger partial charge in [0.2, 0.25) is 17.7 Å². The molecule has 57 heavy (non-hydrogen) atoms. The number of aromatic amines is 1. The SMILES string of the molecule is CN(C)C(=O)c1cc2c(-c3ccc(C4CCN(c5ccc(C6CCC(=O)NC6=O)cc5F)CC4)cn3)cc(C3=CCCN(C(=O)CCn4cccn4)C3)c(F)c2[nH]1. The molecule has 3 aromatic heterocycles. The van der Waals surface area contributed by atoms with Crippen LogP contribution in [0.1, 0.15) is 77.5 Å². The van der Waals surface area contributed by atoms with Gasteiger partial charge in [0.15, 0.2) is 5.82 Å². The molecule has 1 unspecified atom stereocenters. The van der Waals surface area contributed by atoms with E-state index in [4.69, 9.17) is 4.98 Å². The summed E-state index contributed by atoms with van der Waals surface area (Å²) in [5.74, 6) is -2.24. The van der Waals surface area contributed by atoms with Crippen molar-refractivity contribution < 1.29 is 28.0 Å². The fourth-order valence-corrected chi connectivity index (χ4v) is 8.28. The van der Waals surface area contributed by atoms with Crippen LogP contribution in [0.25, 0.3) is 27.7 Å². The fraction of sp³-hybridized carbons (Fsp3) is 0.349. The number of benzene rings is 2. The van der Waals surface area contributed by atoms with E-state index in [0.29, 0.717) is 78.1 Å². The van der Waals surface area contributed by atoms with Gasteiger partial charge in [-0.05, 0) is 84.7 Å². The second-order valence-electron chi connectivity index (χ2n) is 15.3. The number of anilines is 1. The molecule has 2 fully saturated rings. The predicted octanol–water partition coefficient (Wildman–Crippen LogP) is 6.02. The summed E-state index contributed by atoms with van der Waals surface area (Å²) in [6.07, 6.45) is 10.3. The Labute approximate surface area is 328 Å². The van der Waals surface area contributed by atoms with E-state index in [1.807, 2.05) is 41.6 Å². The van der Waals surface area contributed by atoms with E-state index in [2.05, 4.69) is 15.4 Å². The molecule has 3 aliphatic heterocycles. The number of aromatic nitrogens is 4. The standard InChI is InChI=1S/C43H44F2N8O4/c1-50(2)43(57)36-23-33-32(22-31(40(45)41(33)48-36)29-5-3-16-52(25-29)39(55)14-20-53-17-4-15-47-53)35-9-6-28(24-46-35)26-12-18-51(19-13-26)37-10-7-27(21-34(37)44)30-8-11-38(54)49-42(30)56/h4-7,9-10,15,17,21-24,26,30,48H,3,8,11-14,16,18-20,25H2,1-2H3,(H,49,54,56). The Hall–Kier alpha value is -6.18. The summed E-state index contributed by atoms with van der Waals surface area (Å²) < 4.78 is 33.6. The summed E-state index contributed by atoms with van der Waals surface area (Å²) in [5, 5.41) is 7.06. The molecule has 12 nitrogen and oxygen atoms in total. The van der Waals surface area contributed by atoms with Gasteiger partial charge in [0.25, 0.3) is 5.91 Å². The number of hydrogen-bond donors (Lipinski definition) is 2. The smallest absolute Gasteiger partial charge is 0.269 e. The van der Waals surface area contributed by atoms with Crippen molar-refractivity contribution in [1.29, 1.82) is 0 Å². The van der Waals surface area contributed by atoms with Gasteiger partial charge in [-0.3, -0.25) is 34.2 Å². The Bertz CT molecular complexity index is 2380. The van der Waals surface area contributed by atoms with Crippen molar-refractivity contribution in [1.82, 2.24) is 34.9 Å². The van der Waals surface area contributed by atoms with Gasteiger partial charge in [-0.2, -0.15) is 5.10 Å². The van der Waals surface area contributed by atoms with Crippen molar-refractivity contribution in [3.8, 4) is 11.3 Å². The molecule has 0 aliphatic carbocycles. The number of pyridine rings is 1. The van der Waals surface area contributed by atoms with Crippen molar-refractivity contribution in [3.63, 3.8) is 0 Å². The van der Waals surface area contributed by atoms with E-state index >= 15 is 8.78 Å². The molecular formula is C43H44F2N8O4. The number of nitrogens with one attached hydrogen (secondary N) is 2. The lowest BCUT2D eigenvalue weighted by Crippen LogP contribution is -2.39. The number of carbonyl (C=O) groups is 4. The molecule has 0 saturated carbocycles. The molecule has 2 N–H and O–H groups in total. The van der Waals surface area contributed by atoms with Crippen molar-refractivity contribution in [2.24, 2.45) is 0 Å². The Morgan fingerprint density at radius 2 is 1.77 bits per heavy atom. The van der Waals surface area contributed by atoms with Crippen LogP contribution in [0.15, 0.2) is 73.2 Å². The van der Waals surface area contributed by atoms with Crippen LogP contribution in [-0.4, -0.2) is 93.5 Å². The van der Waals surface area contributed by atoms with E-state index in [1.54, 1.807) is 54.1 Å². The third kappa shape index (κ3) is 7.68. The molecule has 2 saturated heterocycles. The number of carbonyl (C=O) groups excluding carboxylic acids is 4. The maximum atomic E-state index is 16.5. The lowest BCUT2D eigenvalue weighted by molar-refractivity contribution is -0.134. The number of aryl methyl sites for hydroxylation is 1. The summed E-state index contributed by atoms with van der Waals surface area (Å²) >= 11 is 0. The third-order valence-electron chi connectivity index (χ3n) is 11.4. The van der Waals surface area contributed by atoms with Crippen molar-refractivity contribution in [2.75, 3.05) is 45.2 Å². The van der Waals surface area contributed by atoms with E-state index in [9.17, 15) is 19.2 Å². The van der Waals surface area contributed by atoms with Gasteiger partial charge in [0, 0.05) is 94.8 Å². The largest absolute Gasteiger partial charge is 0.369 e. The molecule has 6 heterocycles. The van der Waals surface area contributed by atoms with Gasteiger partial charge in [0.05, 0.1) is 22.8 Å². The molecule has 0 radical (unpaired) electrons. The van der Waals surface area contributed by atoms with Crippen LogP contribution in [-0.2, 0) is 20.9 Å². The second-order valence-corrected chi connectivity index (χ2v) is 15.3. The van der Waals surface area contributed by atoms with Crippen LogP contribution in [0.4, 0.5) is 14.5 Å². The van der Waals surface area contributed by atoms with Gasteiger partial charge in [-0.25, -0.2) is 8.78 Å². The minimum atomic E-state index is -0.542. The Balaban J connectivity index is 1.01. The molecule has 5 aromatic rings. The number of hydrogen-bond acceptors (Lipinski definition) is 7. The summed E-state index contributed by atoms with van der Waals surface area (Å²) in [7, 11) is 3.28. The normalized spacial score (nSPS) is 17.8. The molecule has 14 heteroatoms.